The van der Waals surface area contributed by atoms with E-state index >= 15 is 0 Å². The lowest BCUT2D eigenvalue weighted by molar-refractivity contribution is 0.609. The molecule has 1 aliphatic carbocycles. The summed E-state index contributed by atoms with van der Waals surface area (Å²) in [6, 6.07) is 13.2. The molecule has 0 amide bonds. The van der Waals surface area contributed by atoms with Crippen LogP contribution in [0.3, 0.4) is 0 Å². The fourth-order valence-corrected chi connectivity index (χ4v) is 4.03. The predicted octanol–water partition coefficient (Wildman–Crippen LogP) is 4.79. The molecule has 100 valence electrons. The number of hydrogen-bond acceptors (Lipinski definition) is 3. The van der Waals surface area contributed by atoms with Crippen molar-refractivity contribution in [2.24, 2.45) is 0 Å². The van der Waals surface area contributed by atoms with E-state index in [-0.39, 0.29) is 0 Å². The topological polar surface area (TPSA) is 24.9 Å². The van der Waals surface area contributed by atoms with E-state index in [4.69, 9.17) is 0 Å². The van der Waals surface area contributed by atoms with Gasteiger partial charge < -0.3 is 5.32 Å². The Bertz CT molecular complexity index is 742. The van der Waals surface area contributed by atoms with Gasteiger partial charge in [0.2, 0.25) is 0 Å². The highest BCUT2D eigenvalue weighted by atomic mass is 32.1. The molecule has 3 aromatic rings. The van der Waals surface area contributed by atoms with Crippen LogP contribution in [0.25, 0.3) is 10.9 Å². The summed E-state index contributed by atoms with van der Waals surface area (Å²) in [5, 5.41) is 7.12. The molecule has 4 rings (SSSR count). The quantitative estimate of drug-likeness (QED) is 0.730. The standard InChI is InChI=1S/C17H16N2S/c1-4-12-5-3-10-18-17(12)15(7-1)19-14-6-2-8-16-13(14)9-11-20-16/h1,3-5,7,9-11,14,19H,2,6,8H2. The number of rotatable bonds is 2. The molecule has 1 aromatic carbocycles. The zero-order valence-corrected chi connectivity index (χ0v) is 12.0. The number of fused-ring (bicyclic) bond motifs is 2. The SMILES string of the molecule is c1cnc2c(NC3CCCc4sccc43)cccc2c1. The third-order valence-corrected chi connectivity index (χ3v) is 5.01. The van der Waals surface area contributed by atoms with E-state index in [0.29, 0.717) is 6.04 Å². The minimum absolute atomic E-state index is 0.428. The van der Waals surface area contributed by atoms with Crippen LogP contribution >= 0.6 is 11.3 Å². The van der Waals surface area contributed by atoms with Gasteiger partial charge in [0.1, 0.15) is 0 Å². The Morgan fingerprint density at radius 1 is 1.15 bits per heavy atom. The fraction of sp³-hybridized carbons (Fsp3) is 0.235. The third kappa shape index (κ3) is 1.98. The zero-order valence-electron chi connectivity index (χ0n) is 11.2. The van der Waals surface area contributed by atoms with Gasteiger partial charge in [0.05, 0.1) is 17.2 Å². The first-order valence-corrected chi connectivity index (χ1v) is 7.96. The van der Waals surface area contributed by atoms with Gasteiger partial charge in [0.25, 0.3) is 0 Å². The fourth-order valence-electron chi connectivity index (χ4n) is 3.04. The van der Waals surface area contributed by atoms with Gasteiger partial charge in [0, 0.05) is 16.5 Å². The van der Waals surface area contributed by atoms with E-state index in [9.17, 15) is 0 Å². The van der Waals surface area contributed by atoms with Crippen LogP contribution in [0.15, 0.2) is 48.0 Å². The van der Waals surface area contributed by atoms with Crippen molar-refractivity contribution in [3.05, 3.63) is 58.4 Å². The summed E-state index contributed by atoms with van der Waals surface area (Å²) in [5.41, 5.74) is 3.69. The van der Waals surface area contributed by atoms with E-state index in [1.807, 2.05) is 23.6 Å². The van der Waals surface area contributed by atoms with E-state index in [1.165, 1.54) is 30.2 Å². The van der Waals surface area contributed by atoms with Crippen LogP contribution in [0, 0.1) is 0 Å². The Morgan fingerprint density at radius 2 is 2.10 bits per heavy atom. The molecule has 2 aromatic heterocycles. The number of hydrogen-bond donors (Lipinski definition) is 1. The van der Waals surface area contributed by atoms with Crippen molar-refractivity contribution in [1.29, 1.82) is 0 Å². The monoisotopic (exact) mass is 280 g/mol. The van der Waals surface area contributed by atoms with Gasteiger partial charge in [-0.2, -0.15) is 0 Å². The van der Waals surface area contributed by atoms with Gasteiger partial charge in [-0.05, 0) is 48.4 Å². The van der Waals surface area contributed by atoms with Crippen LogP contribution in [0.1, 0.15) is 29.3 Å². The van der Waals surface area contributed by atoms with Crippen LogP contribution in [0.4, 0.5) is 5.69 Å². The molecule has 1 atom stereocenters. The second-order valence-electron chi connectivity index (χ2n) is 5.27. The maximum absolute atomic E-state index is 4.53. The van der Waals surface area contributed by atoms with Crippen molar-refractivity contribution in [2.45, 2.75) is 25.3 Å². The molecule has 0 saturated heterocycles. The Hall–Kier alpha value is -1.87. The molecule has 2 nitrogen and oxygen atoms in total. The molecule has 0 radical (unpaired) electrons. The lowest BCUT2D eigenvalue weighted by Gasteiger charge is -2.25. The Balaban J connectivity index is 1.73. The number of aryl methyl sites for hydroxylation is 1. The molecule has 20 heavy (non-hydrogen) atoms. The number of nitrogens with zero attached hydrogens (tertiary/aromatic N) is 1. The third-order valence-electron chi connectivity index (χ3n) is 4.01. The molecule has 2 heterocycles. The summed E-state index contributed by atoms with van der Waals surface area (Å²) in [7, 11) is 0. The summed E-state index contributed by atoms with van der Waals surface area (Å²) in [6.07, 6.45) is 5.57. The van der Waals surface area contributed by atoms with E-state index in [1.54, 1.807) is 4.88 Å². The molecular weight excluding hydrogens is 264 g/mol. The minimum Gasteiger partial charge on any atom is -0.376 e. The highest BCUT2D eigenvalue weighted by molar-refractivity contribution is 7.10. The number of thiophene rings is 1. The van der Waals surface area contributed by atoms with Gasteiger partial charge in [-0.25, -0.2) is 0 Å². The molecule has 0 aliphatic heterocycles. The van der Waals surface area contributed by atoms with Gasteiger partial charge in [0.15, 0.2) is 0 Å². The Morgan fingerprint density at radius 3 is 3.10 bits per heavy atom. The normalized spacial score (nSPS) is 17.9. The summed E-state index contributed by atoms with van der Waals surface area (Å²) in [5.74, 6) is 0. The summed E-state index contributed by atoms with van der Waals surface area (Å²) >= 11 is 1.89. The smallest absolute Gasteiger partial charge is 0.0933 e. The lowest BCUT2D eigenvalue weighted by atomic mass is 9.93. The molecule has 0 saturated carbocycles. The highest BCUT2D eigenvalue weighted by Crippen LogP contribution is 2.36. The van der Waals surface area contributed by atoms with Crippen LogP contribution < -0.4 is 5.32 Å². The van der Waals surface area contributed by atoms with Gasteiger partial charge >= 0.3 is 0 Å². The summed E-state index contributed by atoms with van der Waals surface area (Å²) < 4.78 is 0. The molecule has 3 heteroatoms. The van der Waals surface area contributed by atoms with Gasteiger partial charge in [-0.3, -0.25) is 4.98 Å². The number of para-hydroxylation sites is 1. The maximum Gasteiger partial charge on any atom is 0.0933 e. The van der Waals surface area contributed by atoms with Crippen molar-refractivity contribution in [1.82, 2.24) is 4.98 Å². The van der Waals surface area contributed by atoms with Crippen molar-refractivity contribution in [3.8, 4) is 0 Å². The number of pyridine rings is 1. The average molecular weight is 280 g/mol. The number of nitrogens with one attached hydrogen (secondary N) is 1. The second-order valence-corrected chi connectivity index (χ2v) is 6.27. The van der Waals surface area contributed by atoms with Gasteiger partial charge in [-0.15, -0.1) is 11.3 Å². The molecule has 1 N–H and O–H groups in total. The maximum atomic E-state index is 4.53. The lowest BCUT2D eigenvalue weighted by Crippen LogP contribution is -2.15. The summed E-state index contributed by atoms with van der Waals surface area (Å²) in [4.78, 5) is 6.07. The first-order valence-electron chi connectivity index (χ1n) is 7.08. The van der Waals surface area contributed by atoms with E-state index in [2.05, 4.69) is 46.0 Å². The largest absolute Gasteiger partial charge is 0.376 e. The molecule has 1 aliphatic rings. The zero-order chi connectivity index (χ0) is 13.4. The van der Waals surface area contributed by atoms with Crippen molar-refractivity contribution >= 4 is 27.9 Å². The Kier molecular flexibility index (Phi) is 2.92. The van der Waals surface area contributed by atoms with Crippen LogP contribution in [0.2, 0.25) is 0 Å². The predicted molar refractivity (Wildman–Crippen MR) is 85.4 cm³/mol. The number of anilines is 1. The van der Waals surface area contributed by atoms with Crippen molar-refractivity contribution in [2.75, 3.05) is 5.32 Å². The molecule has 0 spiro atoms. The van der Waals surface area contributed by atoms with Crippen LogP contribution in [-0.4, -0.2) is 4.98 Å². The average Bonchev–Trinajstić information content (AvgIpc) is 2.97. The van der Waals surface area contributed by atoms with Crippen LogP contribution in [0.5, 0.6) is 0 Å². The van der Waals surface area contributed by atoms with Crippen LogP contribution in [-0.2, 0) is 6.42 Å². The first kappa shape index (κ1) is 11.9. The van der Waals surface area contributed by atoms with E-state index in [0.717, 1.165) is 11.2 Å². The van der Waals surface area contributed by atoms with Crippen molar-refractivity contribution < 1.29 is 0 Å². The number of aromatic nitrogens is 1. The molecule has 0 fully saturated rings. The summed E-state index contributed by atoms with van der Waals surface area (Å²) in [6.45, 7) is 0. The minimum atomic E-state index is 0.428. The molecule has 1 unspecified atom stereocenters. The van der Waals surface area contributed by atoms with Gasteiger partial charge in [-0.1, -0.05) is 18.2 Å². The molecular formula is C17H16N2S. The Labute approximate surface area is 122 Å². The second kappa shape index (κ2) is 4.91. The highest BCUT2D eigenvalue weighted by Gasteiger charge is 2.21. The molecule has 0 bridgehead atoms. The first-order chi connectivity index (χ1) is 9.92. The number of benzene rings is 1. The van der Waals surface area contributed by atoms with E-state index < -0.39 is 0 Å². The van der Waals surface area contributed by atoms with Crippen molar-refractivity contribution in [3.63, 3.8) is 0 Å².